The van der Waals surface area contributed by atoms with Crippen LogP contribution in [-0.2, 0) is 29.0 Å². The van der Waals surface area contributed by atoms with Crippen LogP contribution in [0, 0.1) is 5.92 Å². The molecule has 2 atom stereocenters. The molecule has 0 saturated heterocycles. The van der Waals surface area contributed by atoms with Gasteiger partial charge in [0.15, 0.2) is 0 Å². The monoisotopic (exact) mass is 362 g/mol. The first-order valence-electron chi connectivity index (χ1n) is 9.86. The van der Waals surface area contributed by atoms with Gasteiger partial charge in [-0.3, -0.25) is 14.5 Å². The van der Waals surface area contributed by atoms with E-state index in [2.05, 4.69) is 18.2 Å². The van der Waals surface area contributed by atoms with E-state index in [9.17, 15) is 9.59 Å². The SMILES string of the molecule is CCN(Cc1ccccc1)C(=O)[C@@H]1Cc2cccc3c2N1C(=O)[C@@H](C)CC3. The molecular weight excluding hydrogens is 336 g/mol. The lowest BCUT2D eigenvalue weighted by Gasteiger charge is -2.31. The summed E-state index contributed by atoms with van der Waals surface area (Å²) in [5.74, 6) is 0.0848. The van der Waals surface area contributed by atoms with Gasteiger partial charge in [0.25, 0.3) is 0 Å². The second kappa shape index (κ2) is 7.18. The van der Waals surface area contributed by atoms with E-state index in [4.69, 9.17) is 0 Å². The van der Waals surface area contributed by atoms with Gasteiger partial charge in [-0.2, -0.15) is 0 Å². The summed E-state index contributed by atoms with van der Waals surface area (Å²) in [6.45, 7) is 5.19. The van der Waals surface area contributed by atoms with Crippen LogP contribution in [0.4, 0.5) is 5.69 Å². The predicted octanol–water partition coefficient (Wildman–Crippen LogP) is 3.58. The molecule has 4 rings (SSSR count). The molecule has 140 valence electrons. The maximum absolute atomic E-state index is 13.5. The third-order valence-electron chi connectivity index (χ3n) is 5.87. The van der Waals surface area contributed by atoms with E-state index in [0.717, 1.165) is 29.7 Å². The Morgan fingerprint density at radius 1 is 1.11 bits per heavy atom. The first-order valence-corrected chi connectivity index (χ1v) is 9.86. The number of rotatable bonds is 4. The van der Waals surface area contributed by atoms with E-state index >= 15 is 0 Å². The Morgan fingerprint density at radius 2 is 1.85 bits per heavy atom. The lowest BCUT2D eigenvalue weighted by molar-refractivity contribution is -0.135. The molecule has 0 N–H and O–H groups in total. The van der Waals surface area contributed by atoms with Crippen molar-refractivity contribution in [2.24, 2.45) is 5.92 Å². The van der Waals surface area contributed by atoms with Crippen molar-refractivity contribution in [1.29, 1.82) is 0 Å². The summed E-state index contributed by atoms with van der Waals surface area (Å²) in [6.07, 6.45) is 2.36. The number of hydrogen-bond donors (Lipinski definition) is 0. The smallest absolute Gasteiger partial charge is 0.246 e. The van der Waals surface area contributed by atoms with Gasteiger partial charge in [-0.05, 0) is 36.5 Å². The van der Waals surface area contributed by atoms with Gasteiger partial charge in [0.2, 0.25) is 11.8 Å². The average molecular weight is 362 g/mol. The maximum atomic E-state index is 13.5. The standard InChI is InChI=1S/C23H26N2O2/c1-3-24(15-17-8-5-4-6-9-17)23(27)20-14-19-11-7-10-18-13-12-16(2)22(26)25(20)21(18)19/h4-11,16,20H,3,12-15H2,1-2H3/t16-,20-/m0/s1. The molecule has 0 fully saturated rings. The minimum absolute atomic E-state index is 0.0472. The number of anilines is 1. The minimum Gasteiger partial charge on any atom is -0.337 e. The van der Waals surface area contributed by atoms with Gasteiger partial charge in [-0.1, -0.05) is 55.5 Å². The van der Waals surface area contributed by atoms with Gasteiger partial charge in [-0.15, -0.1) is 0 Å². The highest BCUT2D eigenvalue weighted by Gasteiger charge is 2.43. The van der Waals surface area contributed by atoms with Gasteiger partial charge in [0, 0.05) is 25.4 Å². The van der Waals surface area contributed by atoms with Crippen molar-refractivity contribution in [3.05, 3.63) is 65.2 Å². The molecule has 2 amide bonds. The highest BCUT2D eigenvalue weighted by molar-refractivity contribution is 6.05. The average Bonchev–Trinajstić information content (AvgIpc) is 3.04. The van der Waals surface area contributed by atoms with E-state index in [1.807, 2.05) is 54.0 Å². The number of benzene rings is 2. The molecule has 0 spiro atoms. The largest absolute Gasteiger partial charge is 0.337 e. The quantitative estimate of drug-likeness (QED) is 0.834. The van der Waals surface area contributed by atoms with Crippen LogP contribution in [0.2, 0.25) is 0 Å². The fourth-order valence-electron chi connectivity index (χ4n) is 4.33. The number of aryl methyl sites for hydroxylation is 1. The van der Waals surface area contributed by atoms with Gasteiger partial charge < -0.3 is 4.90 Å². The van der Waals surface area contributed by atoms with E-state index < -0.39 is 6.04 Å². The van der Waals surface area contributed by atoms with Crippen LogP contribution < -0.4 is 4.90 Å². The Labute approximate surface area is 160 Å². The lowest BCUT2D eigenvalue weighted by Crippen LogP contribution is -2.50. The van der Waals surface area contributed by atoms with Crippen molar-refractivity contribution in [2.75, 3.05) is 11.4 Å². The number of nitrogens with zero attached hydrogens (tertiary/aromatic N) is 2. The summed E-state index contributed by atoms with van der Waals surface area (Å²) in [6, 6.07) is 15.8. The number of para-hydroxylation sites is 1. The minimum atomic E-state index is -0.419. The van der Waals surface area contributed by atoms with Crippen molar-refractivity contribution in [2.45, 2.75) is 45.7 Å². The highest BCUT2D eigenvalue weighted by Crippen LogP contribution is 2.40. The fraction of sp³-hybridized carbons (Fsp3) is 0.391. The van der Waals surface area contributed by atoms with Crippen LogP contribution in [0.25, 0.3) is 0 Å². The Morgan fingerprint density at radius 3 is 2.59 bits per heavy atom. The third-order valence-corrected chi connectivity index (χ3v) is 5.87. The summed E-state index contributed by atoms with van der Waals surface area (Å²) >= 11 is 0. The normalized spacial score (nSPS) is 21.0. The van der Waals surface area contributed by atoms with Crippen LogP contribution in [0.15, 0.2) is 48.5 Å². The Bertz CT molecular complexity index is 862. The lowest BCUT2D eigenvalue weighted by atomic mass is 9.99. The molecule has 0 radical (unpaired) electrons. The molecule has 2 aliphatic rings. The second-order valence-electron chi connectivity index (χ2n) is 7.63. The summed E-state index contributed by atoms with van der Waals surface area (Å²) in [7, 11) is 0. The first-order chi connectivity index (χ1) is 13.1. The van der Waals surface area contributed by atoms with Crippen molar-refractivity contribution in [1.82, 2.24) is 4.90 Å². The number of carbonyl (C=O) groups excluding carboxylic acids is 2. The molecule has 0 unspecified atom stereocenters. The molecule has 0 bridgehead atoms. The van der Waals surface area contributed by atoms with Crippen LogP contribution in [0.5, 0.6) is 0 Å². The third kappa shape index (κ3) is 3.14. The van der Waals surface area contributed by atoms with E-state index in [-0.39, 0.29) is 17.7 Å². The zero-order chi connectivity index (χ0) is 19.0. The van der Waals surface area contributed by atoms with Crippen LogP contribution in [0.3, 0.4) is 0 Å². The van der Waals surface area contributed by atoms with Crippen LogP contribution in [0.1, 0.15) is 37.0 Å². The van der Waals surface area contributed by atoms with Crippen LogP contribution >= 0.6 is 0 Å². The fourth-order valence-corrected chi connectivity index (χ4v) is 4.33. The maximum Gasteiger partial charge on any atom is 0.246 e. The van der Waals surface area contributed by atoms with E-state index in [1.54, 1.807) is 0 Å². The number of hydrogen-bond acceptors (Lipinski definition) is 2. The van der Waals surface area contributed by atoms with Crippen molar-refractivity contribution < 1.29 is 9.59 Å². The molecule has 27 heavy (non-hydrogen) atoms. The molecule has 2 aromatic rings. The number of likely N-dealkylation sites (N-methyl/N-ethyl adjacent to an activating group) is 1. The Balaban J connectivity index is 1.66. The van der Waals surface area contributed by atoms with E-state index in [1.165, 1.54) is 5.56 Å². The molecule has 0 aliphatic carbocycles. The number of amides is 2. The summed E-state index contributed by atoms with van der Waals surface area (Å²) in [5.41, 5.74) is 4.44. The molecular formula is C23H26N2O2. The van der Waals surface area contributed by atoms with Gasteiger partial charge in [0.1, 0.15) is 6.04 Å². The van der Waals surface area contributed by atoms with Gasteiger partial charge in [0.05, 0.1) is 5.69 Å². The molecule has 4 nitrogen and oxygen atoms in total. The molecule has 4 heteroatoms. The van der Waals surface area contributed by atoms with Gasteiger partial charge in [-0.25, -0.2) is 0 Å². The molecule has 2 aliphatic heterocycles. The summed E-state index contributed by atoms with van der Waals surface area (Å²) in [4.78, 5) is 30.2. The molecule has 2 heterocycles. The van der Waals surface area contributed by atoms with Gasteiger partial charge >= 0.3 is 0 Å². The van der Waals surface area contributed by atoms with Crippen molar-refractivity contribution in [3.63, 3.8) is 0 Å². The topological polar surface area (TPSA) is 40.6 Å². The van der Waals surface area contributed by atoms with Crippen LogP contribution in [-0.4, -0.2) is 29.3 Å². The van der Waals surface area contributed by atoms with Crippen molar-refractivity contribution >= 4 is 17.5 Å². The summed E-state index contributed by atoms with van der Waals surface area (Å²) < 4.78 is 0. The van der Waals surface area contributed by atoms with E-state index in [0.29, 0.717) is 19.5 Å². The summed E-state index contributed by atoms with van der Waals surface area (Å²) in [5, 5.41) is 0. The zero-order valence-corrected chi connectivity index (χ0v) is 16.0. The molecule has 2 aromatic carbocycles. The molecule has 0 aromatic heterocycles. The highest BCUT2D eigenvalue weighted by atomic mass is 16.2. The predicted molar refractivity (Wildman–Crippen MR) is 106 cm³/mol. The Kier molecular flexibility index (Phi) is 4.73. The Hall–Kier alpha value is -2.62. The van der Waals surface area contributed by atoms with Crippen molar-refractivity contribution in [3.8, 4) is 0 Å². The second-order valence-corrected chi connectivity index (χ2v) is 7.63. The zero-order valence-electron chi connectivity index (χ0n) is 16.0. The number of carbonyl (C=O) groups is 2. The first kappa shape index (κ1) is 17.8. The molecule has 0 saturated carbocycles.